The number of hydrogen-bond acceptors (Lipinski definition) is 7. The van der Waals surface area contributed by atoms with E-state index in [0.29, 0.717) is 34.1 Å². The molecule has 3 rings (SSSR count). The summed E-state index contributed by atoms with van der Waals surface area (Å²) in [4.78, 5) is 24.7. The van der Waals surface area contributed by atoms with Gasteiger partial charge >= 0.3 is 0 Å². The number of carbonyl (C=O) groups excluding carboxylic acids is 2. The summed E-state index contributed by atoms with van der Waals surface area (Å²) in [6.07, 6.45) is 1.43. The minimum atomic E-state index is -0.967. The summed E-state index contributed by atoms with van der Waals surface area (Å²) in [5, 5.41) is 15.8. The summed E-state index contributed by atoms with van der Waals surface area (Å²) >= 11 is 0. The van der Waals surface area contributed by atoms with Crippen LogP contribution in [0.5, 0.6) is 17.2 Å². The number of hydrazone groups is 1. The number of anilines is 1. The van der Waals surface area contributed by atoms with Crippen LogP contribution in [-0.4, -0.2) is 32.2 Å². The molecule has 3 aromatic carbocycles. The van der Waals surface area contributed by atoms with Gasteiger partial charge in [0.1, 0.15) is 18.3 Å². The van der Waals surface area contributed by atoms with Gasteiger partial charge in [-0.15, -0.1) is 0 Å². The minimum absolute atomic E-state index is 0.208. The maximum Gasteiger partial charge on any atom is 0.252 e. The second-order valence-electron chi connectivity index (χ2n) is 7.64. The molecule has 0 saturated carbocycles. The Morgan fingerprint density at radius 2 is 1.75 bits per heavy atom. The summed E-state index contributed by atoms with van der Waals surface area (Å²) in [7, 11) is 3.06. The first kappa shape index (κ1) is 25.8. The van der Waals surface area contributed by atoms with Crippen LogP contribution in [0.3, 0.4) is 0 Å². The summed E-state index contributed by atoms with van der Waals surface area (Å²) in [5.74, 6) is -0.365. The SMILES string of the molecule is COc1ccc(NC(=O)C(C)C(=O)NN=Cc2ccc(OCc3ccccc3C#N)c(OC)c2)cc1. The molecular formula is C27H26N4O5. The van der Waals surface area contributed by atoms with Crippen LogP contribution in [-0.2, 0) is 16.2 Å². The van der Waals surface area contributed by atoms with Crippen molar-refractivity contribution in [2.75, 3.05) is 19.5 Å². The molecule has 3 aromatic rings. The van der Waals surface area contributed by atoms with Crippen molar-refractivity contribution in [1.29, 1.82) is 5.26 Å². The minimum Gasteiger partial charge on any atom is -0.497 e. The lowest BCUT2D eigenvalue weighted by atomic mass is 10.1. The van der Waals surface area contributed by atoms with E-state index in [4.69, 9.17) is 14.2 Å². The molecule has 1 atom stereocenters. The number of nitrogens with one attached hydrogen (secondary N) is 2. The van der Waals surface area contributed by atoms with E-state index < -0.39 is 17.7 Å². The van der Waals surface area contributed by atoms with E-state index in [1.54, 1.807) is 61.7 Å². The van der Waals surface area contributed by atoms with E-state index in [0.717, 1.165) is 5.56 Å². The maximum absolute atomic E-state index is 12.4. The van der Waals surface area contributed by atoms with Gasteiger partial charge in [-0.2, -0.15) is 10.4 Å². The van der Waals surface area contributed by atoms with Crippen molar-refractivity contribution in [2.45, 2.75) is 13.5 Å². The van der Waals surface area contributed by atoms with E-state index in [-0.39, 0.29) is 6.61 Å². The van der Waals surface area contributed by atoms with E-state index in [9.17, 15) is 14.9 Å². The Balaban J connectivity index is 1.56. The lowest BCUT2D eigenvalue weighted by Crippen LogP contribution is -2.34. The number of nitriles is 1. The normalized spacial score (nSPS) is 11.3. The molecular weight excluding hydrogens is 460 g/mol. The molecule has 0 aliphatic heterocycles. The van der Waals surface area contributed by atoms with Gasteiger partial charge in [-0.25, -0.2) is 5.43 Å². The molecule has 0 radical (unpaired) electrons. The molecule has 0 aliphatic rings. The highest BCUT2D eigenvalue weighted by atomic mass is 16.5. The Morgan fingerprint density at radius 1 is 1.00 bits per heavy atom. The third kappa shape index (κ3) is 6.84. The van der Waals surface area contributed by atoms with Gasteiger partial charge in [0.05, 0.1) is 32.1 Å². The predicted octanol–water partition coefficient (Wildman–Crippen LogP) is 3.88. The van der Waals surface area contributed by atoms with Gasteiger partial charge < -0.3 is 19.5 Å². The summed E-state index contributed by atoms with van der Waals surface area (Å²) < 4.78 is 16.3. The zero-order valence-corrected chi connectivity index (χ0v) is 20.1. The highest BCUT2D eigenvalue weighted by Gasteiger charge is 2.21. The molecule has 0 heterocycles. The highest BCUT2D eigenvalue weighted by molar-refractivity contribution is 6.06. The maximum atomic E-state index is 12.4. The summed E-state index contributed by atoms with van der Waals surface area (Å²) in [5.41, 5.74) is 4.88. The molecule has 9 nitrogen and oxygen atoms in total. The van der Waals surface area contributed by atoms with Gasteiger partial charge in [-0.3, -0.25) is 9.59 Å². The quantitative estimate of drug-likeness (QED) is 0.255. The Bertz CT molecular complexity index is 1280. The molecule has 0 spiro atoms. The first-order valence-corrected chi connectivity index (χ1v) is 11.0. The second-order valence-corrected chi connectivity index (χ2v) is 7.64. The second kappa shape index (κ2) is 12.6. The first-order chi connectivity index (χ1) is 17.4. The number of amides is 2. The topological polar surface area (TPSA) is 122 Å². The van der Waals surface area contributed by atoms with Crippen LogP contribution in [0.25, 0.3) is 0 Å². The number of hydrogen-bond donors (Lipinski definition) is 2. The van der Waals surface area contributed by atoms with E-state index in [1.165, 1.54) is 20.2 Å². The van der Waals surface area contributed by atoms with Gasteiger partial charge in [0.2, 0.25) is 5.91 Å². The Labute approximate surface area is 209 Å². The van der Waals surface area contributed by atoms with Crippen LogP contribution in [0.4, 0.5) is 5.69 Å². The Kier molecular flexibility index (Phi) is 9.00. The van der Waals surface area contributed by atoms with Crippen molar-refractivity contribution >= 4 is 23.7 Å². The van der Waals surface area contributed by atoms with E-state index in [1.807, 2.05) is 12.1 Å². The molecule has 184 valence electrons. The summed E-state index contributed by atoms with van der Waals surface area (Å²) in [6.45, 7) is 1.70. The summed E-state index contributed by atoms with van der Waals surface area (Å²) in [6, 6.07) is 21.3. The zero-order valence-electron chi connectivity index (χ0n) is 20.1. The lowest BCUT2D eigenvalue weighted by molar-refractivity contribution is -0.131. The Hall–Kier alpha value is -4.84. The van der Waals surface area contributed by atoms with Crippen molar-refractivity contribution in [3.05, 3.63) is 83.4 Å². The van der Waals surface area contributed by atoms with Crippen LogP contribution in [0.2, 0.25) is 0 Å². The molecule has 0 aromatic heterocycles. The largest absolute Gasteiger partial charge is 0.497 e. The van der Waals surface area contributed by atoms with Crippen LogP contribution in [0.1, 0.15) is 23.6 Å². The molecule has 0 bridgehead atoms. The van der Waals surface area contributed by atoms with Gasteiger partial charge in [0.25, 0.3) is 5.91 Å². The lowest BCUT2D eigenvalue weighted by Gasteiger charge is -2.12. The third-order valence-corrected chi connectivity index (χ3v) is 5.24. The molecule has 0 aliphatic carbocycles. The third-order valence-electron chi connectivity index (χ3n) is 5.24. The predicted molar refractivity (Wildman–Crippen MR) is 135 cm³/mol. The molecule has 1 unspecified atom stereocenters. The number of rotatable bonds is 10. The number of ether oxygens (including phenoxy) is 3. The first-order valence-electron chi connectivity index (χ1n) is 11.0. The average Bonchev–Trinajstić information content (AvgIpc) is 2.92. The fourth-order valence-corrected chi connectivity index (χ4v) is 3.11. The van der Waals surface area contributed by atoms with Gasteiger partial charge in [0, 0.05) is 11.3 Å². The molecule has 9 heteroatoms. The number of nitrogens with zero attached hydrogens (tertiary/aromatic N) is 2. The molecule has 36 heavy (non-hydrogen) atoms. The van der Waals surface area contributed by atoms with Crippen LogP contribution < -0.4 is 25.0 Å². The standard InChI is InChI=1S/C27H26N4O5/c1-18(26(32)30-22-9-11-23(34-2)12-10-22)27(33)31-29-16-19-8-13-24(25(14-19)35-3)36-17-21-7-5-4-6-20(21)15-28/h4-14,16,18H,17H2,1-3H3,(H,30,32)(H,31,33). The molecule has 0 saturated heterocycles. The molecule has 0 fully saturated rings. The monoisotopic (exact) mass is 486 g/mol. The van der Waals surface area contributed by atoms with Crippen molar-refractivity contribution in [3.8, 4) is 23.3 Å². The molecule has 2 N–H and O–H groups in total. The van der Waals surface area contributed by atoms with Crippen molar-refractivity contribution in [3.63, 3.8) is 0 Å². The van der Waals surface area contributed by atoms with E-state index in [2.05, 4.69) is 21.9 Å². The number of methoxy groups -OCH3 is 2. The molecule has 2 amide bonds. The number of benzene rings is 3. The van der Waals surface area contributed by atoms with Crippen molar-refractivity contribution in [2.24, 2.45) is 11.0 Å². The van der Waals surface area contributed by atoms with E-state index >= 15 is 0 Å². The van der Waals surface area contributed by atoms with Gasteiger partial charge in [0.15, 0.2) is 11.5 Å². The van der Waals surface area contributed by atoms with Crippen LogP contribution >= 0.6 is 0 Å². The fraction of sp³-hybridized carbons (Fsp3) is 0.185. The Morgan fingerprint density at radius 3 is 2.44 bits per heavy atom. The van der Waals surface area contributed by atoms with Crippen molar-refractivity contribution < 1.29 is 23.8 Å². The number of carbonyl (C=O) groups is 2. The highest BCUT2D eigenvalue weighted by Crippen LogP contribution is 2.28. The van der Waals surface area contributed by atoms with Gasteiger partial charge in [-0.05, 0) is 61.0 Å². The van der Waals surface area contributed by atoms with Gasteiger partial charge in [-0.1, -0.05) is 18.2 Å². The van der Waals surface area contributed by atoms with Crippen molar-refractivity contribution in [1.82, 2.24) is 5.43 Å². The average molecular weight is 487 g/mol. The van der Waals surface area contributed by atoms with Crippen LogP contribution in [0.15, 0.2) is 71.8 Å². The smallest absolute Gasteiger partial charge is 0.252 e. The fourth-order valence-electron chi connectivity index (χ4n) is 3.11. The zero-order chi connectivity index (χ0) is 25.9. The van der Waals surface area contributed by atoms with Crippen LogP contribution in [0, 0.1) is 17.2 Å².